The van der Waals surface area contributed by atoms with Gasteiger partial charge in [0.2, 0.25) is 0 Å². The minimum atomic E-state index is -1.16. The number of hydrazone groups is 1. The van der Waals surface area contributed by atoms with Crippen molar-refractivity contribution in [2.24, 2.45) is 18.1 Å². The lowest BCUT2D eigenvalue weighted by Gasteiger charge is -2.25. The zero-order valence-corrected chi connectivity index (χ0v) is 24.9. The fourth-order valence-corrected chi connectivity index (χ4v) is 4.51. The highest BCUT2D eigenvalue weighted by Crippen LogP contribution is 2.32. The largest absolute Gasteiger partial charge is 0.495 e. The molecule has 40 heavy (non-hydrogen) atoms. The summed E-state index contributed by atoms with van der Waals surface area (Å²) in [6.07, 6.45) is 9.45. The number of halogens is 1. The number of dihydropyridines is 1. The van der Waals surface area contributed by atoms with Crippen LogP contribution in [-0.2, 0) is 11.8 Å². The molecule has 2 aliphatic heterocycles. The summed E-state index contributed by atoms with van der Waals surface area (Å²) in [5.74, 6) is 7.54. The molecule has 1 aliphatic carbocycles. The Bertz CT molecular complexity index is 1340. The number of allylic oxidation sites excluding steroid dienone is 1. The molecule has 0 spiro atoms. The molecule has 9 nitrogen and oxygen atoms in total. The second-order valence-corrected chi connectivity index (χ2v) is 9.79. The van der Waals surface area contributed by atoms with Crippen molar-refractivity contribution >= 4 is 28.4 Å². The topological polar surface area (TPSA) is 105 Å². The smallest absolute Gasteiger partial charge is 0.259 e. The molecule has 2 aromatic heterocycles. The van der Waals surface area contributed by atoms with Crippen LogP contribution in [0.4, 0.5) is 4.39 Å². The van der Waals surface area contributed by atoms with Crippen LogP contribution in [0.25, 0.3) is 17.1 Å². The molecule has 0 radical (unpaired) electrons. The molecule has 3 unspecified atom stereocenters. The highest BCUT2D eigenvalue weighted by Gasteiger charge is 2.28. The number of thioether (sulfide) groups is 1. The Morgan fingerprint density at radius 2 is 2.00 bits per heavy atom. The molecule has 4 heterocycles. The van der Waals surface area contributed by atoms with E-state index in [1.54, 1.807) is 24.5 Å². The zero-order chi connectivity index (χ0) is 29.2. The number of ether oxygens (including phenoxy) is 1. The lowest BCUT2D eigenvalue weighted by molar-refractivity contribution is 0.0977. The van der Waals surface area contributed by atoms with E-state index in [0.717, 1.165) is 12.8 Å². The molecular weight excluding hydrogens is 529 g/mol. The first-order valence-corrected chi connectivity index (χ1v) is 14.5. The lowest BCUT2D eigenvalue weighted by Crippen LogP contribution is -2.34. The predicted octanol–water partition coefficient (Wildman–Crippen LogP) is 4.81. The Kier molecular flexibility index (Phi) is 11.2. The van der Waals surface area contributed by atoms with Crippen LogP contribution in [0.1, 0.15) is 63.4 Å². The minimum absolute atomic E-state index is 0.203. The second-order valence-electron chi connectivity index (χ2n) is 8.70. The van der Waals surface area contributed by atoms with Gasteiger partial charge in [-0.15, -0.1) is 0 Å². The predicted molar refractivity (Wildman–Crippen MR) is 160 cm³/mol. The number of methoxy groups -OCH3 is 1. The number of aromatic nitrogens is 3. The second kappa shape index (κ2) is 14.6. The molecule has 0 aromatic carbocycles. The number of amidine groups is 1. The number of rotatable bonds is 5. The summed E-state index contributed by atoms with van der Waals surface area (Å²) >= 11 is 1.35. The molecule has 3 aliphatic rings. The Hall–Kier alpha value is -3.78. The molecular formula is C29H38FN7O2S. The van der Waals surface area contributed by atoms with Gasteiger partial charge in [0.15, 0.2) is 16.4 Å². The summed E-state index contributed by atoms with van der Waals surface area (Å²) in [5.41, 5.74) is 4.93. The highest BCUT2D eigenvalue weighted by atomic mass is 32.2. The molecule has 1 amide bonds. The first-order chi connectivity index (χ1) is 19.4. The number of alkyl halides is 1. The molecule has 2 aromatic rings. The van der Waals surface area contributed by atoms with E-state index >= 15 is 0 Å². The quantitative estimate of drug-likeness (QED) is 0.445. The van der Waals surface area contributed by atoms with Crippen LogP contribution in [0.3, 0.4) is 0 Å². The summed E-state index contributed by atoms with van der Waals surface area (Å²) in [4.78, 5) is 22.3. The highest BCUT2D eigenvalue weighted by molar-refractivity contribution is 8.14. The summed E-state index contributed by atoms with van der Waals surface area (Å²) < 4.78 is 21.6. The van der Waals surface area contributed by atoms with Gasteiger partial charge in [-0.05, 0) is 43.7 Å². The number of carbonyl (C=O) groups excluding carboxylic acids is 1. The third-order valence-corrected chi connectivity index (χ3v) is 6.83. The molecule has 0 saturated heterocycles. The van der Waals surface area contributed by atoms with Crippen LogP contribution >= 0.6 is 11.8 Å². The van der Waals surface area contributed by atoms with Gasteiger partial charge < -0.3 is 14.6 Å². The van der Waals surface area contributed by atoms with Crippen molar-refractivity contribution in [2.75, 3.05) is 7.11 Å². The van der Waals surface area contributed by atoms with Crippen molar-refractivity contribution < 1.29 is 13.9 Å². The molecule has 5 rings (SSSR count). The summed E-state index contributed by atoms with van der Waals surface area (Å²) in [7, 11) is 3.39. The lowest BCUT2D eigenvalue weighted by atomic mass is 9.94. The van der Waals surface area contributed by atoms with Gasteiger partial charge in [0.25, 0.3) is 5.91 Å². The fourth-order valence-electron chi connectivity index (χ4n) is 3.80. The average molecular weight is 568 g/mol. The number of carbonyl (C=O) groups is 1. The Morgan fingerprint density at radius 1 is 1.25 bits per heavy atom. The molecule has 3 N–H and O–H groups in total. The van der Waals surface area contributed by atoms with Gasteiger partial charge in [0, 0.05) is 48.9 Å². The number of hydrogen-bond acceptors (Lipinski definition) is 8. The van der Waals surface area contributed by atoms with E-state index in [2.05, 4.69) is 43.0 Å². The molecule has 214 valence electrons. The maximum atomic E-state index is 14.2. The number of amides is 1. The van der Waals surface area contributed by atoms with Gasteiger partial charge in [-0.1, -0.05) is 39.5 Å². The zero-order valence-electron chi connectivity index (χ0n) is 24.1. The Morgan fingerprint density at radius 3 is 2.62 bits per heavy atom. The first-order valence-electron chi connectivity index (χ1n) is 13.6. The number of nitrogens with one attached hydrogen (secondary N) is 3. The Labute approximate surface area is 240 Å². The van der Waals surface area contributed by atoms with E-state index in [-0.39, 0.29) is 5.37 Å². The number of imidazole rings is 1. The van der Waals surface area contributed by atoms with Crippen molar-refractivity contribution in [2.45, 2.75) is 65.0 Å². The maximum Gasteiger partial charge on any atom is 0.259 e. The average Bonchev–Trinajstić information content (AvgIpc) is 3.56. The van der Waals surface area contributed by atoms with E-state index in [1.807, 2.05) is 45.5 Å². The van der Waals surface area contributed by atoms with Crippen molar-refractivity contribution in [3.8, 4) is 23.4 Å². The standard InChI is InChI=1S/C25H26FN7O2S.2C2H6/c1-14(26)19-11-17(21(35-3)13-29-19)16-10-20(23-27-8-9-33(23)2)28-12-18(16)24(34)30-25-32-31-22(36-25)7-6-15-4-5-15;2*1-2/h8-15,19,22,29,31H,4-5H2,1-3H3,(H,30,32,34);2*1-2H3. The van der Waals surface area contributed by atoms with E-state index in [0.29, 0.717) is 45.1 Å². The van der Waals surface area contributed by atoms with Crippen LogP contribution in [-0.4, -0.2) is 50.3 Å². The molecule has 1 fully saturated rings. The van der Waals surface area contributed by atoms with E-state index < -0.39 is 18.1 Å². The van der Waals surface area contributed by atoms with Gasteiger partial charge in [-0.25, -0.2) is 9.37 Å². The van der Waals surface area contributed by atoms with Crippen LogP contribution in [0.2, 0.25) is 0 Å². The number of aryl methyl sites for hydroxylation is 1. The molecule has 3 atom stereocenters. The van der Waals surface area contributed by atoms with Crippen LogP contribution < -0.4 is 16.1 Å². The monoisotopic (exact) mass is 567 g/mol. The summed E-state index contributed by atoms with van der Waals surface area (Å²) in [6.45, 7) is 9.47. The van der Waals surface area contributed by atoms with Crippen molar-refractivity contribution in [3.63, 3.8) is 0 Å². The number of hydrogen-bond donors (Lipinski definition) is 3. The van der Waals surface area contributed by atoms with Crippen molar-refractivity contribution in [3.05, 3.63) is 53.8 Å². The summed E-state index contributed by atoms with van der Waals surface area (Å²) in [6, 6.07) is 1.19. The third kappa shape index (κ3) is 7.45. The third-order valence-electron chi connectivity index (χ3n) is 5.95. The van der Waals surface area contributed by atoms with E-state index in [4.69, 9.17) is 4.74 Å². The van der Waals surface area contributed by atoms with Crippen LogP contribution in [0, 0.1) is 17.8 Å². The number of pyridine rings is 1. The van der Waals surface area contributed by atoms with Gasteiger partial charge >= 0.3 is 0 Å². The van der Waals surface area contributed by atoms with Crippen LogP contribution in [0.15, 0.2) is 47.8 Å². The maximum absolute atomic E-state index is 14.2. The molecule has 1 saturated carbocycles. The number of nitrogens with zero attached hydrogens (tertiary/aromatic N) is 4. The molecule has 0 bridgehead atoms. The SMILES string of the molecule is CC.CC.COC1=CNC(C(C)F)C=C1c1cc(-c2nccn2C)ncc1C(=O)NC1=NNC(C#CC2CC2)S1. The van der Waals surface area contributed by atoms with Crippen molar-refractivity contribution in [1.82, 2.24) is 30.6 Å². The van der Waals surface area contributed by atoms with Gasteiger partial charge in [-0.3, -0.25) is 20.5 Å². The minimum Gasteiger partial charge on any atom is -0.495 e. The fraction of sp³-hybridized carbons (Fsp3) is 0.448. The van der Waals surface area contributed by atoms with Crippen molar-refractivity contribution in [1.29, 1.82) is 0 Å². The van der Waals surface area contributed by atoms with Gasteiger partial charge in [0.05, 0.1) is 18.7 Å². The van der Waals surface area contributed by atoms with E-state index in [1.165, 1.54) is 32.0 Å². The molecule has 11 heteroatoms. The van der Waals surface area contributed by atoms with E-state index in [9.17, 15) is 9.18 Å². The first kappa shape index (κ1) is 30.8. The normalized spacial score (nSPS) is 19.8. The van der Waals surface area contributed by atoms with Crippen LogP contribution in [0.5, 0.6) is 0 Å². The Balaban J connectivity index is 0.00000106. The van der Waals surface area contributed by atoms with Gasteiger partial charge in [-0.2, -0.15) is 5.10 Å². The van der Waals surface area contributed by atoms with Gasteiger partial charge in [0.1, 0.15) is 17.6 Å². The summed E-state index contributed by atoms with van der Waals surface area (Å²) in [5, 5.41) is 10.3.